The Hall–Kier alpha value is -2.17. The number of carbonyl (C=O) groups is 1. The van der Waals surface area contributed by atoms with E-state index in [2.05, 4.69) is 58.7 Å². The number of nitrogens with one attached hydrogen (secondary N) is 1. The van der Waals surface area contributed by atoms with Crippen LogP contribution in [0.4, 0.5) is 0 Å². The van der Waals surface area contributed by atoms with E-state index >= 15 is 0 Å². The molecule has 0 spiro atoms. The number of hydrogen-bond donors (Lipinski definition) is 1. The summed E-state index contributed by atoms with van der Waals surface area (Å²) in [6.45, 7) is 7.22. The molecule has 1 N–H and O–H groups in total. The number of ether oxygens (including phenoxy) is 1. The first-order valence-corrected chi connectivity index (χ1v) is 11.4. The monoisotopic (exact) mass is 404 g/mol. The summed E-state index contributed by atoms with van der Waals surface area (Å²) in [4.78, 5) is 14.7. The third kappa shape index (κ3) is 3.36. The molecule has 1 amide bonds. The van der Waals surface area contributed by atoms with E-state index in [-0.39, 0.29) is 30.1 Å². The van der Waals surface area contributed by atoms with Gasteiger partial charge in [0.1, 0.15) is 6.61 Å². The van der Waals surface area contributed by atoms with E-state index in [1.165, 1.54) is 28.7 Å². The maximum absolute atomic E-state index is 12.1. The van der Waals surface area contributed by atoms with Crippen LogP contribution in [0.1, 0.15) is 61.3 Å². The summed E-state index contributed by atoms with van der Waals surface area (Å²) in [5.41, 5.74) is 6.26. The lowest BCUT2D eigenvalue weighted by atomic mass is 9.74. The third-order valence-corrected chi connectivity index (χ3v) is 7.25. The highest BCUT2D eigenvalue weighted by Crippen LogP contribution is 2.60. The van der Waals surface area contributed by atoms with Gasteiger partial charge in [0.15, 0.2) is 0 Å². The second kappa shape index (κ2) is 7.82. The fraction of sp³-hybridized carbons (Fsp3) is 0.500. The lowest BCUT2D eigenvalue weighted by Crippen LogP contribution is -2.49. The van der Waals surface area contributed by atoms with Gasteiger partial charge in [-0.25, -0.2) is 0 Å². The molecule has 5 rings (SSSR count). The van der Waals surface area contributed by atoms with Gasteiger partial charge in [-0.1, -0.05) is 48.5 Å². The van der Waals surface area contributed by atoms with Crippen molar-refractivity contribution in [3.8, 4) is 0 Å². The molecular weight excluding hydrogens is 372 g/mol. The van der Waals surface area contributed by atoms with Crippen molar-refractivity contribution in [2.45, 2.75) is 56.6 Å². The predicted octanol–water partition coefficient (Wildman–Crippen LogP) is 3.83. The number of benzene rings is 2. The summed E-state index contributed by atoms with van der Waals surface area (Å²) in [5, 5.41) is 3.16. The lowest BCUT2D eigenvalue weighted by Gasteiger charge is -2.40. The normalized spacial score (nSPS) is 25.4. The number of carbonyl (C=O) groups excluding carboxylic acids is 1. The second-order valence-corrected chi connectivity index (χ2v) is 9.49. The fourth-order valence-corrected chi connectivity index (χ4v) is 5.94. The summed E-state index contributed by atoms with van der Waals surface area (Å²) in [7, 11) is 0. The summed E-state index contributed by atoms with van der Waals surface area (Å²) >= 11 is 0. The van der Waals surface area contributed by atoms with Gasteiger partial charge < -0.3 is 15.0 Å². The lowest BCUT2D eigenvalue weighted by molar-refractivity contribution is -0.128. The molecule has 1 saturated heterocycles. The van der Waals surface area contributed by atoms with Crippen molar-refractivity contribution in [1.82, 2.24) is 10.2 Å². The molecule has 4 nitrogen and oxygen atoms in total. The van der Waals surface area contributed by atoms with Gasteiger partial charge in [0.05, 0.1) is 6.10 Å². The van der Waals surface area contributed by atoms with Crippen molar-refractivity contribution in [2.75, 3.05) is 26.2 Å². The van der Waals surface area contributed by atoms with Crippen molar-refractivity contribution >= 4 is 5.91 Å². The first-order valence-electron chi connectivity index (χ1n) is 11.4. The zero-order chi connectivity index (χ0) is 20.7. The Morgan fingerprint density at radius 1 is 1.07 bits per heavy atom. The van der Waals surface area contributed by atoms with Crippen molar-refractivity contribution in [3.63, 3.8) is 0 Å². The van der Waals surface area contributed by atoms with Gasteiger partial charge in [0.25, 0.3) is 0 Å². The topological polar surface area (TPSA) is 41.6 Å². The summed E-state index contributed by atoms with van der Waals surface area (Å²) in [5.74, 6) is 0.563. The van der Waals surface area contributed by atoms with Crippen molar-refractivity contribution in [3.05, 3.63) is 70.8 Å². The zero-order valence-electron chi connectivity index (χ0n) is 18.1. The Kier molecular flexibility index (Phi) is 5.16. The van der Waals surface area contributed by atoms with Gasteiger partial charge in [0, 0.05) is 37.0 Å². The zero-order valence-corrected chi connectivity index (χ0v) is 18.1. The Labute approximate surface area is 179 Å². The minimum absolute atomic E-state index is 0.0121. The van der Waals surface area contributed by atoms with E-state index in [0.717, 1.165) is 32.5 Å². The van der Waals surface area contributed by atoms with Crippen LogP contribution in [-0.4, -0.2) is 49.2 Å². The van der Waals surface area contributed by atoms with Gasteiger partial charge in [-0.05, 0) is 55.4 Å². The molecule has 1 heterocycles. The average Bonchev–Trinajstić information content (AvgIpc) is 3.26. The SMILES string of the molecule is CC(C)OCC(=O)NC1CCN(CC23CC(c4ccccc42)c2ccccc23)CC1. The van der Waals surface area contributed by atoms with E-state index in [1.54, 1.807) is 0 Å². The molecule has 3 aliphatic rings. The van der Waals surface area contributed by atoms with Crippen molar-refractivity contribution in [2.24, 2.45) is 0 Å². The van der Waals surface area contributed by atoms with E-state index in [1.807, 2.05) is 13.8 Å². The Morgan fingerprint density at radius 2 is 1.67 bits per heavy atom. The van der Waals surface area contributed by atoms with E-state index in [4.69, 9.17) is 4.74 Å². The van der Waals surface area contributed by atoms with Crippen LogP contribution < -0.4 is 5.32 Å². The molecule has 0 atom stereocenters. The number of nitrogens with zero attached hydrogens (tertiary/aromatic N) is 1. The van der Waals surface area contributed by atoms with Gasteiger partial charge in [-0.3, -0.25) is 4.79 Å². The quantitative estimate of drug-likeness (QED) is 0.796. The van der Waals surface area contributed by atoms with Crippen molar-refractivity contribution < 1.29 is 9.53 Å². The first-order chi connectivity index (χ1) is 14.6. The highest BCUT2D eigenvalue weighted by Gasteiger charge is 2.53. The highest BCUT2D eigenvalue weighted by atomic mass is 16.5. The molecule has 30 heavy (non-hydrogen) atoms. The van der Waals surface area contributed by atoms with Crippen LogP contribution in [0.3, 0.4) is 0 Å². The molecule has 1 aliphatic heterocycles. The van der Waals surface area contributed by atoms with Crippen LogP contribution in [-0.2, 0) is 14.9 Å². The van der Waals surface area contributed by atoms with Crippen LogP contribution >= 0.6 is 0 Å². The molecular formula is C26H32N2O2. The average molecular weight is 405 g/mol. The number of piperidine rings is 1. The van der Waals surface area contributed by atoms with Gasteiger partial charge >= 0.3 is 0 Å². The van der Waals surface area contributed by atoms with Crippen LogP contribution in [0.2, 0.25) is 0 Å². The molecule has 0 radical (unpaired) electrons. The Morgan fingerprint density at radius 3 is 2.27 bits per heavy atom. The summed E-state index contributed by atoms with van der Waals surface area (Å²) in [6, 6.07) is 18.4. The summed E-state index contributed by atoms with van der Waals surface area (Å²) in [6.07, 6.45) is 3.31. The molecule has 2 aromatic rings. The highest BCUT2D eigenvalue weighted by molar-refractivity contribution is 5.77. The molecule has 2 aromatic carbocycles. The van der Waals surface area contributed by atoms with Gasteiger partial charge in [0.2, 0.25) is 5.91 Å². The van der Waals surface area contributed by atoms with E-state index < -0.39 is 0 Å². The number of rotatable bonds is 6. The standard InChI is InChI=1S/C26H32N2O2/c1-18(2)30-16-25(29)27-19-11-13-28(14-12-19)17-26-15-22(20-7-3-5-9-23(20)26)21-8-4-6-10-24(21)26/h3-10,18-19,22H,11-17H2,1-2H3,(H,27,29). The van der Waals surface area contributed by atoms with Gasteiger partial charge in [-0.2, -0.15) is 0 Å². The number of likely N-dealkylation sites (tertiary alicyclic amines) is 1. The van der Waals surface area contributed by atoms with Crippen LogP contribution in [0.15, 0.2) is 48.5 Å². The van der Waals surface area contributed by atoms with E-state index in [0.29, 0.717) is 5.92 Å². The first kappa shape index (κ1) is 19.8. The molecule has 2 bridgehead atoms. The number of hydrogen-bond acceptors (Lipinski definition) is 3. The number of fused-ring (bicyclic) bond motifs is 8. The van der Waals surface area contributed by atoms with Crippen LogP contribution in [0, 0.1) is 0 Å². The number of amides is 1. The Balaban J connectivity index is 1.27. The van der Waals surface area contributed by atoms with Crippen LogP contribution in [0.25, 0.3) is 0 Å². The summed E-state index contributed by atoms with van der Waals surface area (Å²) < 4.78 is 5.43. The Bertz CT molecular complexity index is 883. The predicted molar refractivity (Wildman–Crippen MR) is 119 cm³/mol. The molecule has 2 aliphatic carbocycles. The fourth-order valence-electron chi connectivity index (χ4n) is 5.94. The minimum atomic E-state index is 0.0121. The van der Waals surface area contributed by atoms with Crippen molar-refractivity contribution in [1.29, 1.82) is 0 Å². The maximum Gasteiger partial charge on any atom is 0.246 e. The molecule has 0 unspecified atom stereocenters. The third-order valence-electron chi connectivity index (χ3n) is 7.25. The molecule has 4 heteroatoms. The van der Waals surface area contributed by atoms with Gasteiger partial charge in [-0.15, -0.1) is 0 Å². The molecule has 0 saturated carbocycles. The maximum atomic E-state index is 12.1. The smallest absolute Gasteiger partial charge is 0.246 e. The molecule has 0 aromatic heterocycles. The van der Waals surface area contributed by atoms with E-state index in [9.17, 15) is 4.79 Å². The molecule has 158 valence electrons. The van der Waals surface area contributed by atoms with Crippen LogP contribution in [0.5, 0.6) is 0 Å². The largest absolute Gasteiger partial charge is 0.369 e. The minimum Gasteiger partial charge on any atom is -0.369 e. The molecule has 1 fully saturated rings. The second-order valence-electron chi connectivity index (χ2n) is 9.49.